The summed E-state index contributed by atoms with van der Waals surface area (Å²) in [7, 11) is -0.955. The Hall–Kier alpha value is -0.890. The molecule has 0 aliphatic carbocycles. The second-order valence-electron chi connectivity index (χ2n) is 8.80. The molecule has 4 heteroatoms. The van der Waals surface area contributed by atoms with E-state index in [-0.39, 0.29) is 0 Å². The highest BCUT2D eigenvalue weighted by molar-refractivity contribution is 7.74. The SMILES string of the molecule is CCOc1ccc(-c2ccc(CN[P+]34CC(C)CC(CC(C)C3)C4)s2)cc1. The lowest BCUT2D eigenvalue weighted by Crippen LogP contribution is -2.40. The second kappa shape index (κ2) is 8.23. The first-order valence-corrected chi connectivity index (χ1v) is 13.6. The van der Waals surface area contributed by atoms with Gasteiger partial charge in [0.05, 0.1) is 39.1 Å². The molecule has 2 aromatic rings. The first-order chi connectivity index (χ1) is 13.0. The van der Waals surface area contributed by atoms with Crippen molar-refractivity contribution >= 4 is 18.7 Å². The van der Waals surface area contributed by atoms with Gasteiger partial charge in [0.2, 0.25) is 0 Å². The molecule has 27 heavy (non-hydrogen) atoms. The van der Waals surface area contributed by atoms with Crippen LogP contribution in [0.15, 0.2) is 36.4 Å². The first kappa shape index (κ1) is 19.4. The van der Waals surface area contributed by atoms with Gasteiger partial charge in [-0.1, -0.05) is 13.8 Å². The van der Waals surface area contributed by atoms with Crippen LogP contribution >= 0.6 is 18.7 Å². The third-order valence-corrected chi connectivity index (χ3v) is 11.9. The van der Waals surface area contributed by atoms with Gasteiger partial charge in [-0.3, -0.25) is 0 Å². The molecule has 2 saturated heterocycles. The summed E-state index contributed by atoms with van der Waals surface area (Å²) in [5.74, 6) is 3.77. The van der Waals surface area contributed by atoms with Crippen molar-refractivity contribution in [1.29, 1.82) is 0 Å². The summed E-state index contributed by atoms with van der Waals surface area (Å²) in [5, 5.41) is 4.14. The number of rotatable bonds is 6. The van der Waals surface area contributed by atoms with E-state index in [2.05, 4.69) is 55.3 Å². The number of ether oxygens (including phenoxy) is 1. The lowest BCUT2D eigenvalue weighted by atomic mass is 9.89. The van der Waals surface area contributed by atoms with Crippen molar-refractivity contribution in [1.82, 2.24) is 5.09 Å². The first-order valence-electron chi connectivity index (χ1n) is 10.5. The monoisotopic (exact) mass is 402 g/mol. The third-order valence-electron chi connectivity index (χ3n) is 6.10. The zero-order chi connectivity index (χ0) is 18.9. The summed E-state index contributed by atoms with van der Waals surface area (Å²) in [5.41, 5.74) is 1.29. The van der Waals surface area contributed by atoms with E-state index >= 15 is 0 Å². The number of nitrogens with one attached hydrogen (secondary N) is 1. The fourth-order valence-corrected chi connectivity index (χ4v) is 11.8. The van der Waals surface area contributed by atoms with E-state index in [0.29, 0.717) is 0 Å². The van der Waals surface area contributed by atoms with Gasteiger partial charge in [-0.2, -0.15) is 5.09 Å². The summed E-state index contributed by atoms with van der Waals surface area (Å²) in [6.45, 7) is 8.76. The molecular formula is C23H33NOPS+. The largest absolute Gasteiger partial charge is 0.494 e. The maximum absolute atomic E-state index is 5.56. The van der Waals surface area contributed by atoms with Gasteiger partial charge >= 0.3 is 0 Å². The molecule has 1 aromatic carbocycles. The fraction of sp³-hybridized carbons (Fsp3) is 0.565. The van der Waals surface area contributed by atoms with Crippen LogP contribution in [-0.4, -0.2) is 25.1 Å². The van der Waals surface area contributed by atoms with E-state index in [1.807, 2.05) is 18.3 Å². The van der Waals surface area contributed by atoms with Gasteiger partial charge in [-0.05, 0) is 79.5 Å². The van der Waals surface area contributed by atoms with Crippen molar-refractivity contribution in [2.75, 3.05) is 25.1 Å². The van der Waals surface area contributed by atoms with E-state index in [4.69, 9.17) is 4.74 Å². The molecule has 2 aliphatic heterocycles. The van der Waals surface area contributed by atoms with Gasteiger partial charge in [-0.25, -0.2) is 0 Å². The Labute approximate surface area is 169 Å². The predicted octanol–water partition coefficient (Wildman–Crippen LogP) is 6.53. The molecule has 0 spiro atoms. The highest BCUT2D eigenvalue weighted by Crippen LogP contribution is 2.66. The number of hydrogen-bond acceptors (Lipinski definition) is 3. The molecule has 2 unspecified atom stereocenters. The molecule has 2 nitrogen and oxygen atoms in total. The van der Waals surface area contributed by atoms with Gasteiger partial charge < -0.3 is 4.74 Å². The van der Waals surface area contributed by atoms with Crippen molar-refractivity contribution in [2.45, 2.75) is 40.2 Å². The van der Waals surface area contributed by atoms with Crippen LogP contribution < -0.4 is 9.82 Å². The third kappa shape index (κ3) is 4.58. The Morgan fingerprint density at radius 3 is 2.37 bits per heavy atom. The van der Waals surface area contributed by atoms with Gasteiger partial charge in [0.1, 0.15) is 5.75 Å². The fourth-order valence-electron chi connectivity index (χ4n) is 5.39. The number of thiophene rings is 1. The summed E-state index contributed by atoms with van der Waals surface area (Å²) >= 11 is 1.94. The van der Waals surface area contributed by atoms with Gasteiger partial charge in [0.15, 0.2) is 0 Å². The maximum atomic E-state index is 5.56. The topological polar surface area (TPSA) is 21.3 Å². The smallest absolute Gasteiger partial charge is 0.119 e. The Bertz CT molecular complexity index is 736. The number of fused-ring (bicyclic) bond motifs is 2. The van der Waals surface area contributed by atoms with E-state index in [1.54, 1.807) is 0 Å². The standard InChI is InChI=1S/C23H33NOPS/c1-4-25-21-7-5-20(6-8-21)23-10-9-22(27-23)13-24-26-14-17(2)11-19(16-26)12-18(3)15-26/h5-10,17-19,24H,4,11-16H2,1-3H3/q+1. The summed E-state index contributed by atoms with van der Waals surface area (Å²) < 4.78 is 5.56. The van der Waals surface area contributed by atoms with E-state index in [0.717, 1.165) is 36.7 Å². The molecule has 146 valence electrons. The van der Waals surface area contributed by atoms with Crippen molar-refractivity contribution in [3.63, 3.8) is 0 Å². The van der Waals surface area contributed by atoms with E-state index < -0.39 is 7.41 Å². The van der Waals surface area contributed by atoms with Crippen LogP contribution in [-0.2, 0) is 6.54 Å². The van der Waals surface area contributed by atoms with Gasteiger partial charge in [0, 0.05) is 9.75 Å². The van der Waals surface area contributed by atoms with Crippen LogP contribution in [0.3, 0.4) is 0 Å². The molecule has 2 atom stereocenters. The minimum atomic E-state index is -0.955. The van der Waals surface area contributed by atoms with E-state index in [1.165, 1.54) is 46.6 Å². The van der Waals surface area contributed by atoms with Crippen molar-refractivity contribution in [2.24, 2.45) is 17.8 Å². The second-order valence-corrected chi connectivity index (χ2v) is 13.7. The number of hydrogen-bond donors (Lipinski definition) is 1. The summed E-state index contributed by atoms with van der Waals surface area (Å²) in [6, 6.07) is 13.1. The predicted molar refractivity (Wildman–Crippen MR) is 120 cm³/mol. The lowest BCUT2D eigenvalue weighted by Gasteiger charge is -2.44. The quantitative estimate of drug-likeness (QED) is 0.555. The minimum absolute atomic E-state index is 0.719. The molecule has 3 heterocycles. The Kier molecular flexibility index (Phi) is 5.92. The maximum Gasteiger partial charge on any atom is 0.119 e. The minimum Gasteiger partial charge on any atom is -0.494 e. The Morgan fingerprint density at radius 1 is 1.00 bits per heavy atom. The lowest BCUT2D eigenvalue weighted by molar-refractivity contribution is 0.337. The van der Waals surface area contributed by atoms with Gasteiger partial charge in [0.25, 0.3) is 0 Å². The molecule has 0 radical (unpaired) electrons. The average molecular weight is 403 g/mol. The van der Waals surface area contributed by atoms with Crippen LogP contribution in [0.1, 0.15) is 38.5 Å². The Balaban J connectivity index is 1.42. The normalized spacial score (nSPS) is 30.3. The molecule has 4 rings (SSSR count). The van der Waals surface area contributed by atoms with Crippen LogP contribution in [0.2, 0.25) is 0 Å². The van der Waals surface area contributed by atoms with E-state index in [9.17, 15) is 0 Å². The molecule has 2 aliphatic rings. The van der Waals surface area contributed by atoms with Crippen LogP contribution in [0.4, 0.5) is 0 Å². The molecule has 0 amide bonds. The number of benzene rings is 1. The summed E-state index contributed by atoms with van der Waals surface area (Å²) in [4.78, 5) is 2.83. The molecule has 2 bridgehead atoms. The van der Waals surface area contributed by atoms with Crippen LogP contribution in [0, 0.1) is 17.8 Å². The average Bonchev–Trinajstić information content (AvgIpc) is 3.09. The molecule has 1 N–H and O–H groups in total. The molecule has 0 saturated carbocycles. The van der Waals surface area contributed by atoms with Crippen molar-refractivity contribution in [3.05, 3.63) is 41.3 Å². The van der Waals surface area contributed by atoms with Crippen LogP contribution in [0.25, 0.3) is 10.4 Å². The molecular weight excluding hydrogens is 369 g/mol. The van der Waals surface area contributed by atoms with Gasteiger partial charge in [-0.15, -0.1) is 11.3 Å². The highest BCUT2D eigenvalue weighted by Gasteiger charge is 2.50. The molecule has 1 aromatic heterocycles. The Morgan fingerprint density at radius 2 is 1.70 bits per heavy atom. The molecule has 2 fully saturated rings. The summed E-state index contributed by atoms with van der Waals surface area (Å²) in [6.07, 6.45) is 7.36. The van der Waals surface area contributed by atoms with Crippen molar-refractivity contribution in [3.8, 4) is 16.2 Å². The van der Waals surface area contributed by atoms with Crippen molar-refractivity contribution < 1.29 is 4.74 Å². The highest BCUT2D eigenvalue weighted by atomic mass is 32.1. The zero-order valence-electron chi connectivity index (χ0n) is 16.9. The zero-order valence-corrected chi connectivity index (χ0v) is 18.6. The van der Waals surface area contributed by atoms with Crippen LogP contribution in [0.5, 0.6) is 5.75 Å².